The Morgan fingerprint density at radius 1 is 1.11 bits per heavy atom. The molecule has 2 aliphatic heterocycles. The van der Waals surface area contributed by atoms with E-state index in [1.54, 1.807) is 34.3 Å². The summed E-state index contributed by atoms with van der Waals surface area (Å²) < 4.78 is 12.4. The van der Waals surface area contributed by atoms with Gasteiger partial charge < -0.3 is 19.3 Å². The standard InChI is InChI=1S/C26H29N5O4S2/c1-17-20(15-22-25(33)31(13-14-34-3)26(36)37-22)23(28(2)24(32)21(17)16-27)30-11-9-29(10-12-30)18-5-7-19(35-4)8-6-18/h5-8,15H,9-14H2,1-4H3/b22-15-. The number of thiocarbonyl (C=S) groups is 1. The number of pyridine rings is 1. The summed E-state index contributed by atoms with van der Waals surface area (Å²) in [6, 6.07) is 10.0. The molecule has 1 aromatic heterocycles. The van der Waals surface area contributed by atoms with Crippen molar-refractivity contribution in [2.75, 3.05) is 63.4 Å². The van der Waals surface area contributed by atoms with Crippen LogP contribution in [0.3, 0.4) is 0 Å². The molecule has 37 heavy (non-hydrogen) atoms. The van der Waals surface area contributed by atoms with Gasteiger partial charge in [0.05, 0.1) is 25.2 Å². The van der Waals surface area contributed by atoms with Crippen LogP contribution in [0.15, 0.2) is 34.0 Å². The third-order valence-corrected chi connectivity index (χ3v) is 8.03. The summed E-state index contributed by atoms with van der Waals surface area (Å²) in [7, 11) is 4.90. The quantitative estimate of drug-likeness (QED) is 0.389. The van der Waals surface area contributed by atoms with Crippen molar-refractivity contribution in [1.29, 1.82) is 5.26 Å². The first-order chi connectivity index (χ1) is 17.8. The van der Waals surface area contributed by atoms with E-state index in [0.29, 0.717) is 52.4 Å². The highest BCUT2D eigenvalue weighted by atomic mass is 32.2. The van der Waals surface area contributed by atoms with Gasteiger partial charge in [-0.05, 0) is 42.8 Å². The highest BCUT2D eigenvalue weighted by Crippen LogP contribution is 2.36. The number of benzene rings is 1. The lowest BCUT2D eigenvalue weighted by Gasteiger charge is -2.38. The maximum absolute atomic E-state index is 13.1. The first kappa shape index (κ1) is 26.7. The number of rotatable bonds is 7. The van der Waals surface area contributed by atoms with Crippen molar-refractivity contribution in [1.82, 2.24) is 9.47 Å². The molecule has 0 saturated carbocycles. The largest absolute Gasteiger partial charge is 0.497 e. The predicted octanol–water partition coefficient (Wildman–Crippen LogP) is 2.75. The van der Waals surface area contributed by atoms with E-state index in [4.69, 9.17) is 21.7 Å². The van der Waals surface area contributed by atoms with Crippen LogP contribution < -0.4 is 20.1 Å². The van der Waals surface area contributed by atoms with E-state index in [1.165, 1.54) is 21.2 Å². The number of hydrogen-bond acceptors (Lipinski definition) is 9. The number of piperazine rings is 1. The van der Waals surface area contributed by atoms with Gasteiger partial charge in [-0.1, -0.05) is 24.0 Å². The van der Waals surface area contributed by atoms with E-state index in [9.17, 15) is 14.9 Å². The number of ether oxygens (including phenoxy) is 2. The van der Waals surface area contributed by atoms with Crippen LogP contribution >= 0.6 is 24.0 Å². The third-order valence-electron chi connectivity index (χ3n) is 6.65. The van der Waals surface area contributed by atoms with Crippen LogP contribution in [0.1, 0.15) is 16.7 Å². The fourth-order valence-corrected chi connectivity index (χ4v) is 5.86. The first-order valence-electron chi connectivity index (χ1n) is 11.8. The molecule has 9 nitrogen and oxygen atoms in total. The van der Waals surface area contributed by atoms with Crippen molar-refractivity contribution >= 4 is 51.8 Å². The minimum absolute atomic E-state index is 0.0734. The van der Waals surface area contributed by atoms with E-state index in [2.05, 4.69) is 15.9 Å². The zero-order chi connectivity index (χ0) is 26.7. The lowest BCUT2D eigenvalue weighted by molar-refractivity contribution is -0.122. The molecule has 0 radical (unpaired) electrons. The summed E-state index contributed by atoms with van der Waals surface area (Å²) in [5.74, 6) is 1.30. The summed E-state index contributed by atoms with van der Waals surface area (Å²) in [4.78, 5) is 32.6. The number of aromatic nitrogens is 1. The van der Waals surface area contributed by atoms with E-state index in [0.717, 1.165) is 24.5 Å². The van der Waals surface area contributed by atoms with E-state index in [-0.39, 0.29) is 17.0 Å². The van der Waals surface area contributed by atoms with Gasteiger partial charge in [0.2, 0.25) is 0 Å². The molecule has 11 heteroatoms. The van der Waals surface area contributed by atoms with Crippen LogP contribution in [0, 0.1) is 18.3 Å². The number of methoxy groups -OCH3 is 2. The molecule has 0 aliphatic carbocycles. The van der Waals surface area contributed by atoms with Crippen LogP contribution in [0.25, 0.3) is 6.08 Å². The number of carbonyl (C=O) groups is 1. The fraction of sp³-hybridized carbons (Fsp3) is 0.385. The summed E-state index contributed by atoms with van der Waals surface area (Å²) in [5, 5.41) is 9.71. The highest BCUT2D eigenvalue weighted by molar-refractivity contribution is 8.26. The second kappa shape index (κ2) is 11.4. The molecule has 4 rings (SSSR count). The Morgan fingerprint density at radius 3 is 2.35 bits per heavy atom. The van der Waals surface area contributed by atoms with Crippen molar-refractivity contribution < 1.29 is 14.3 Å². The van der Waals surface area contributed by atoms with E-state index in [1.807, 2.05) is 24.3 Å². The van der Waals surface area contributed by atoms with Gasteiger partial charge in [0.15, 0.2) is 0 Å². The van der Waals surface area contributed by atoms with Crippen molar-refractivity contribution in [2.24, 2.45) is 7.05 Å². The molecule has 2 aliphatic rings. The van der Waals surface area contributed by atoms with Crippen molar-refractivity contribution in [3.05, 3.63) is 56.2 Å². The van der Waals surface area contributed by atoms with Crippen molar-refractivity contribution in [3.63, 3.8) is 0 Å². The average molecular weight is 540 g/mol. The molecule has 1 aromatic carbocycles. The Morgan fingerprint density at radius 2 is 1.76 bits per heavy atom. The molecule has 0 N–H and O–H groups in total. The van der Waals surface area contributed by atoms with E-state index < -0.39 is 0 Å². The van der Waals surface area contributed by atoms with E-state index >= 15 is 0 Å². The van der Waals surface area contributed by atoms with Crippen LogP contribution in [-0.2, 0) is 16.6 Å². The molecule has 2 fully saturated rings. The topological polar surface area (TPSA) is 91.0 Å². The highest BCUT2D eigenvalue weighted by Gasteiger charge is 2.33. The molecule has 0 atom stereocenters. The van der Waals surface area contributed by atoms with Gasteiger partial charge in [-0.25, -0.2) is 0 Å². The molecule has 194 valence electrons. The fourth-order valence-electron chi connectivity index (χ4n) is 4.57. The van der Waals surface area contributed by atoms with Gasteiger partial charge >= 0.3 is 0 Å². The summed E-state index contributed by atoms with van der Waals surface area (Å²) >= 11 is 6.65. The molecule has 3 heterocycles. The Kier molecular flexibility index (Phi) is 8.22. The van der Waals surface area contributed by atoms with Crippen molar-refractivity contribution in [3.8, 4) is 11.8 Å². The molecule has 1 amide bonds. The predicted molar refractivity (Wildman–Crippen MR) is 150 cm³/mol. The Balaban J connectivity index is 1.68. The monoisotopic (exact) mass is 539 g/mol. The van der Waals surface area contributed by atoms with Crippen LogP contribution in [0.4, 0.5) is 11.5 Å². The molecular formula is C26H29N5O4S2. The Bertz CT molecular complexity index is 1340. The molecule has 0 unspecified atom stereocenters. The lowest BCUT2D eigenvalue weighted by Crippen LogP contribution is -2.48. The van der Waals surface area contributed by atoms with Gasteiger partial charge in [0.25, 0.3) is 11.5 Å². The number of amides is 1. The van der Waals surface area contributed by atoms with Crippen LogP contribution in [0.2, 0.25) is 0 Å². The molecule has 2 aromatic rings. The SMILES string of the molecule is COCCN1C(=O)/C(=C/c2c(C)c(C#N)c(=O)n(C)c2N2CCN(c3ccc(OC)cc3)CC2)SC1=S. The molecule has 0 spiro atoms. The second-order valence-electron chi connectivity index (χ2n) is 8.71. The second-order valence-corrected chi connectivity index (χ2v) is 10.4. The zero-order valence-corrected chi connectivity index (χ0v) is 22.9. The van der Waals surface area contributed by atoms with Gasteiger partial charge in [-0.15, -0.1) is 0 Å². The van der Waals surface area contributed by atoms with Gasteiger partial charge in [-0.2, -0.15) is 5.26 Å². The maximum atomic E-state index is 13.1. The molecular weight excluding hydrogens is 510 g/mol. The zero-order valence-electron chi connectivity index (χ0n) is 21.3. The minimum Gasteiger partial charge on any atom is -0.497 e. The summed E-state index contributed by atoms with van der Waals surface area (Å²) in [6.07, 6.45) is 1.77. The van der Waals surface area contributed by atoms with Crippen LogP contribution in [0.5, 0.6) is 5.75 Å². The summed E-state index contributed by atoms with van der Waals surface area (Å²) in [6.45, 7) is 5.33. The average Bonchev–Trinajstić information content (AvgIpc) is 3.18. The first-order valence-corrected chi connectivity index (χ1v) is 13.0. The smallest absolute Gasteiger partial charge is 0.270 e. The van der Waals surface area contributed by atoms with Gasteiger partial charge in [-0.3, -0.25) is 19.1 Å². The maximum Gasteiger partial charge on any atom is 0.270 e. The Labute approximate surface area is 225 Å². The van der Waals surface area contributed by atoms with Gasteiger partial charge in [0.1, 0.15) is 27.5 Å². The lowest BCUT2D eigenvalue weighted by atomic mass is 10.0. The number of nitriles is 1. The molecule has 0 bridgehead atoms. The van der Waals surface area contributed by atoms with Crippen molar-refractivity contribution in [2.45, 2.75) is 6.92 Å². The normalized spacial score (nSPS) is 17.1. The number of anilines is 2. The van der Waals surface area contributed by atoms with Crippen LogP contribution in [-0.4, -0.2) is 73.2 Å². The number of thioether (sulfide) groups is 1. The molecule has 2 saturated heterocycles. The number of hydrogen-bond donors (Lipinski definition) is 0. The Hall–Kier alpha value is -3.33. The summed E-state index contributed by atoms with van der Waals surface area (Å²) in [5.41, 5.74) is 2.07. The number of carbonyl (C=O) groups excluding carboxylic acids is 1. The third kappa shape index (κ3) is 5.23. The number of nitrogens with zero attached hydrogens (tertiary/aromatic N) is 5. The minimum atomic E-state index is -0.350. The van der Waals surface area contributed by atoms with Gasteiger partial charge in [0, 0.05) is 51.6 Å².